The molecule has 0 spiro atoms. The number of aromatic nitrogens is 4. The van der Waals surface area contributed by atoms with Gasteiger partial charge in [0.1, 0.15) is 17.5 Å². The molecule has 1 saturated carbocycles. The number of nitrogens with one attached hydrogen (secondary N) is 3. The highest BCUT2D eigenvalue weighted by Gasteiger charge is 2.28. The Morgan fingerprint density at radius 2 is 1.78 bits per heavy atom. The maximum atomic E-state index is 13.5. The molecule has 7 rings (SSSR count). The summed E-state index contributed by atoms with van der Waals surface area (Å²) in [4.78, 5) is 68.4. The number of anilines is 4. The first-order valence-corrected chi connectivity index (χ1v) is 17.9. The van der Waals surface area contributed by atoms with Gasteiger partial charge in [-0.15, -0.1) is 0 Å². The molecule has 1 atom stereocenters. The minimum absolute atomic E-state index is 0.0168. The molecule has 4 aromatic rings. The second kappa shape index (κ2) is 14.6. The van der Waals surface area contributed by atoms with E-state index in [-0.39, 0.29) is 34.8 Å². The van der Waals surface area contributed by atoms with Crippen LogP contribution in [0.5, 0.6) is 0 Å². The number of carbonyl (C=O) groups excluding carboxylic acids is 3. The average molecular weight is 692 g/mol. The first kappa shape index (κ1) is 34.3. The maximum Gasteiger partial charge on any atom is 0.263 e. The highest BCUT2D eigenvalue weighted by atomic mass is 16.2. The first-order valence-electron chi connectivity index (χ1n) is 17.9. The third-order valence-corrected chi connectivity index (χ3v) is 10.6. The summed E-state index contributed by atoms with van der Waals surface area (Å²) in [5.41, 5.74) is 4.22. The monoisotopic (exact) mass is 691 g/mol. The molecule has 1 aliphatic carbocycles. The van der Waals surface area contributed by atoms with Gasteiger partial charge < -0.3 is 15.5 Å². The number of fused-ring (bicyclic) bond motifs is 1. The lowest BCUT2D eigenvalue weighted by Gasteiger charge is -2.37. The van der Waals surface area contributed by atoms with Crippen molar-refractivity contribution in [1.82, 2.24) is 29.7 Å². The lowest BCUT2D eigenvalue weighted by molar-refractivity contribution is -0.133. The topological polar surface area (TPSA) is 154 Å². The number of carbonyl (C=O) groups is 3. The van der Waals surface area contributed by atoms with Gasteiger partial charge in [0.05, 0.1) is 17.4 Å². The maximum absolute atomic E-state index is 13.5. The Kier molecular flexibility index (Phi) is 9.81. The molecule has 3 N–H and O–H groups in total. The summed E-state index contributed by atoms with van der Waals surface area (Å²) < 4.78 is 1.72. The fourth-order valence-electron chi connectivity index (χ4n) is 7.84. The Balaban J connectivity index is 0.965. The van der Waals surface area contributed by atoms with Crippen LogP contribution in [0.3, 0.4) is 0 Å². The Morgan fingerprint density at radius 3 is 2.49 bits per heavy atom. The molecular weight excluding hydrogens is 646 g/mol. The lowest BCUT2D eigenvalue weighted by atomic mass is 10.0. The minimum Gasteiger partial charge on any atom is -0.374 e. The third kappa shape index (κ3) is 7.34. The first-order chi connectivity index (χ1) is 24.6. The molecule has 3 aromatic heterocycles. The number of pyridine rings is 2. The number of aryl methyl sites for hydroxylation is 1. The second-order valence-corrected chi connectivity index (χ2v) is 14.1. The van der Waals surface area contributed by atoms with Gasteiger partial charge in [-0.05, 0) is 88.4 Å². The molecule has 51 heavy (non-hydrogen) atoms. The number of hydrogen-bond donors (Lipinski definition) is 3. The molecule has 0 radical (unpaired) electrons. The van der Waals surface area contributed by atoms with E-state index in [1.54, 1.807) is 17.7 Å². The van der Waals surface area contributed by atoms with Gasteiger partial charge in [0.25, 0.3) is 5.56 Å². The van der Waals surface area contributed by atoms with Crippen LogP contribution in [-0.4, -0.2) is 74.2 Å². The second-order valence-electron chi connectivity index (χ2n) is 14.1. The third-order valence-electron chi connectivity index (χ3n) is 10.6. The van der Waals surface area contributed by atoms with E-state index in [1.807, 2.05) is 24.4 Å². The van der Waals surface area contributed by atoms with E-state index in [1.165, 1.54) is 6.92 Å². The molecule has 1 unspecified atom stereocenters. The van der Waals surface area contributed by atoms with Crippen molar-refractivity contribution in [3.63, 3.8) is 0 Å². The van der Waals surface area contributed by atoms with Crippen LogP contribution in [0.25, 0.3) is 11.0 Å². The molecule has 0 bridgehead atoms. The molecule has 3 aliphatic rings. The number of Topliss-reactive ketones (excluding diaryl/α,β-unsaturated/α-hetero) is 1. The van der Waals surface area contributed by atoms with Crippen LogP contribution in [0, 0.1) is 6.92 Å². The van der Waals surface area contributed by atoms with Crippen molar-refractivity contribution in [3.05, 3.63) is 75.8 Å². The summed E-state index contributed by atoms with van der Waals surface area (Å²) in [6, 6.07) is 12.2. The molecule has 2 aliphatic heterocycles. The van der Waals surface area contributed by atoms with Crippen molar-refractivity contribution in [2.24, 2.45) is 0 Å². The smallest absolute Gasteiger partial charge is 0.263 e. The fraction of sp³-hybridized carbons (Fsp3) is 0.447. The van der Waals surface area contributed by atoms with Gasteiger partial charge in [0.2, 0.25) is 17.8 Å². The van der Waals surface area contributed by atoms with Crippen LogP contribution < -0.4 is 26.4 Å². The molecule has 2 amide bonds. The number of nitrogens with zero attached hydrogens (tertiary/aromatic N) is 6. The van der Waals surface area contributed by atoms with E-state index < -0.39 is 6.04 Å². The number of ketones is 1. The summed E-state index contributed by atoms with van der Waals surface area (Å²) >= 11 is 0. The van der Waals surface area contributed by atoms with E-state index >= 15 is 0 Å². The zero-order valence-corrected chi connectivity index (χ0v) is 29.4. The standard InChI is InChI=1S/C38H45N9O4/c1-23-30-21-40-38(44-35(30)47(28-9-4-5-10-28)37(51)34(23)24(2)48)42-32-13-11-29(20-39-32)46-17-15-27(16-18-46)45(3)22-25-7-6-8-26(19-25)41-31-12-14-33(49)43-36(31)50/h6-8,11,13,19-21,27-28,31,41H,4-5,9-10,12,14-18,22H2,1-3H3,(H,43,49,50)(H,39,40,42,44). The van der Waals surface area contributed by atoms with Crippen LogP contribution in [-0.2, 0) is 16.1 Å². The zero-order valence-electron chi connectivity index (χ0n) is 29.4. The zero-order chi connectivity index (χ0) is 35.6. The predicted molar refractivity (Wildman–Crippen MR) is 197 cm³/mol. The summed E-state index contributed by atoms with van der Waals surface area (Å²) in [6.07, 6.45) is 10.3. The highest BCUT2D eigenvalue weighted by Crippen LogP contribution is 2.32. The molecular formula is C38H45N9O4. The Labute approximate surface area is 296 Å². The Hall–Kier alpha value is -5.17. The van der Waals surface area contributed by atoms with Crippen LogP contribution >= 0.6 is 0 Å². The quantitative estimate of drug-likeness (QED) is 0.154. The van der Waals surface area contributed by atoms with Crippen molar-refractivity contribution < 1.29 is 14.4 Å². The number of rotatable bonds is 10. The normalized spacial score (nSPS) is 18.7. The Bertz CT molecular complexity index is 2010. The van der Waals surface area contributed by atoms with Crippen LogP contribution in [0.15, 0.2) is 53.6 Å². The van der Waals surface area contributed by atoms with Crippen LogP contribution in [0.2, 0.25) is 0 Å². The largest absolute Gasteiger partial charge is 0.374 e. The summed E-state index contributed by atoms with van der Waals surface area (Å²) in [5.74, 6) is 0.234. The molecule has 13 nitrogen and oxygen atoms in total. The van der Waals surface area contributed by atoms with Gasteiger partial charge in [-0.25, -0.2) is 9.97 Å². The van der Waals surface area contributed by atoms with Crippen LogP contribution in [0.4, 0.5) is 23.1 Å². The number of imide groups is 1. The van der Waals surface area contributed by atoms with Gasteiger partial charge in [0.15, 0.2) is 5.78 Å². The molecule has 1 aromatic carbocycles. The molecule has 266 valence electrons. The summed E-state index contributed by atoms with van der Waals surface area (Å²) in [5, 5.41) is 9.62. The van der Waals surface area contributed by atoms with Gasteiger partial charge in [-0.3, -0.25) is 34.0 Å². The van der Waals surface area contributed by atoms with E-state index in [2.05, 4.69) is 61.0 Å². The van der Waals surface area contributed by atoms with Crippen LogP contribution in [0.1, 0.15) is 85.8 Å². The van der Waals surface area contributed by atoms with E-state index in [4.69, 9.17) is 4.98 Å². The predicted octanol–water partition coefficient (Wildman–Crippen LogP) is 4.87. The van der Waals surface area contributed by atoms with Crippen molar-refractivity contribution >= 4 is 51.8 Å². The minimum atomic E-state index is -0.402. The van der Waals surface area contributed by atoms with Gasteiger partial charge in [0, 0.05) is 55.4 Å². The van der Waals surface area contributed by atoms with Crippen molar-refractivity contribution in [2.45, 2.75) is 89.9 Å². The van der Waals surface area contributed by atoms with E-state index in [0.717, 1.165) is 75.1 Å². The summed E-state index contributed by atoms with van der Waals surface area (Å²) in [6.45, 7) is 5.85. The van der Waals surface area contributed by atoms with Crippen molar-refractivity contribution in [1.29, 1.82) is 0 Å². The molecule has 5 heterocycles. The SMILES string of the molecule is CC(=O)c1c(C)c2cnc(Nc3ccc(N4CCC(N(C)Cc5cccc(NC6CCC(=O)NC6=O)c5)CC4)cn3)nc2n(C2CCCC2)c1=O. The van der Waals surface area contributed by atoms with Gasteiger partial charge in [-0.2, -0.15) is 4.98 Å². The number of benzene rings is 1. The number of piperidine rings is 2. The van der Waals surface area contributed by atoms with E-state index in [0.29, 0.717) is 47.2 Å². The lowest BCUT2D eigenvalue weighted by Crippen LogP contribution is -2.47. The van der Waals surface area contributed by atoms with Gasteiger partial charge >= 0.3 is 0 Å². The number of amides is 2. The Morgan fingerprint density at radius 1 is 1.00 bits per heavy atom. The highest BCUT2D eigenvalue weighted by molar-refractivity contribution is 6.01. The molecule has 3 fully saturated rings. The fourth-order valence-corrected chi connectivity index (χ4v) is 7.84. The van der Waals surface area contributed by atoms with Crippen molar-refractivity contribution in [2.75, 3.05) is 35.7 Å². The molecule has 2 saturated heterocycles. The van der Waals surface area contributed by atoms with Gasteiger partial charge in [-0.1, -0.05) is 25.0 Å². The van der Waals surface area contributed by atoms with Crippen molar-refractivity contribution in [3.8, 4) is 0 Å². The molecule has 13 heteroatoms. The average Bonchev–Trinajstić information content (AvgIpc) is 3.65. The van der Waals surface area contributed by atoms with E-state index in [9.17, 15) is 19.2 Å². The number of hydrogen-bond acceptors (Lipinski definition) is 11. The summed E-state index contributed by atoms with van der Waals surface area (Å²) in [7, 11) is 2.16.